The molecule has 0 saturated carbocycles. The Bertz CT molecular complexity index is 627. The maximum atomic E-state index is 12.5. The van der Waals surface area contributed by atoms with Crippen molar-refractivity contribution in [2.75, 3.05) is 6.61 Å². The summed E-state index contributed by atoms with van der Waals surface area (Å²) >= 11 is 0. The molecule has 25 heavy (non-hydrogen) atoms. The van der Waals surface area contributed by atoms with Gasteiger partial charge >= 0.3 is 5.97 Å². The Hall–Kier alpha value is -2.39. The highest BCUT2D eigenvalue weighted by atomic mass is 28.3. The van der Waals surface area contributed by atoms with Crippen LogP contribution in [0.3, 0.4) is 0 Å². The van der Waals surface area contributed by atoms with Crippen molar-refractivity contribution in [2.45, 2.75) is 37.8 Å². The number of carboxylic acids is 1. The molecular formula is C16H23N2O6Si. The van der Waals surface area contributed by atoms with Crippen molar-refractivity contribution in [2.24, 2.45) is 0 Å². The number of benzene rings is 1. The zero-order valence-corrected chi connectivity index (χ0v) is 15.4. The number of amides is 2. The molecule has 9 heteroatoms. The average molecular weight is 367 g/mol. The van der Waals surface area contributed by atoms with Gasteiger partial charge in [-0.15, -0.1) is 0 Å². The summed E-state index contributed by atoms with van der Waals surface area (Å²) in [6, 6.07) is 3.52. The number of carbonyl (C=O) groups is 3. The zero-order chi connectivity index (χ0) is 19.2. The summed E-state index contributed by atoms with van der Waals surface area (Å²) < 4.78 is 0. The van der Waals surface area contributed by atoms with Crippen LogP contribution in [0.4, 0.5) is 0 Å². The van der Waals surface area contributed by atoms with Gasteiger partial charge in [-0.05, 0) is 23.7 Å². The fraction of sp³-hybridized carbons (Fsp3) is 0.438. The van der Waals surface area contributed by atoms with E-state index in [0.717, 1.165) is 0 Å². The second-order valence-corrected chi connectivity index (χ2v) is 12.4. The van der Waals surface area contributed by atoms with Crippen LogP contribution in [-0.2, 0) is 19.5 Å². The van der Waals surface area contributed by atoms with Gasteiger partial charge in [-0.3, -0.25) is 14.4 Å². The fourth-order valence-corrected chi connectivity index (χ4v) is 3.74. The second kappa shape index (κ2) is 8.63. The lowest BCUT2D eigenvalue weighted by atomic mass is 10.1. The second-order valence-electron chi connectivity index (χ2n) is 6.90. The molecular weight excluding hydrogens is 344 g/mol. The average Bonchev–Trinajstić information content (AvgIpc) is 2.51. The first-order valence-corrected chi connectivity index (χ1v) is 11.4. The van der Waals surface area contributed by atoms with Gasteiger partial charge in [0.05, 0.1) is 0 Å². The number of hydrogen-bond donors (Lipinski definition) is 4. The number of carbonyl (C=O) groups excluding carboxylic acids is 2. The molecule has 0 aliphatic heterocycles. The lowest BCUT2D eigenvalue weighted by Gasteiger charge is -2.25. The van der Waals surface area contributed by atoms with Crippen LogP contribution in [0.15, 0.2) is 24.3 Å². The molecule has 8 nitrogen and oxygen atoms in total. The van der Waals surface area contributed by atoms with E-state index in [9.17, 15) is 29.7 Å². The number of carboxylic acid groups (broad SMARTS) is 1. The third kappa shape index (κ3) is 6.94. The van der Waals surface area contributed by atoms with Crippen molar-refractivity contribution in [3.8, 4) is 5.75 Å². The summed E-state index contributed by atoms with van der Waals surface area (Å²) in [5.41, 5.74) is 0.328. The number of nitrogens with one attached hydrogen (secondary N) is 2. The Morgan fingerprint density at radius 2 is 1.64 bits per heavy atom. The van der Waals surface area contributed by atoms with Crippen LogP contribution in [0.2, 0.25) is 25.7 Å². The van der Waals surface area contributed by atoms with Gasteiger partial charge in [0, 0.05) is 8.07 Å². The lowest BCUT2D eigenvalue weighted by molar-refractivity contribution is -0.141. The van der Waals surface area contributed by atoms with Crippen LogP contribution in [0.25, 0.3) is 0 Å². The van der Waals surface area contributed by atoms with E-state index in [1.807, 2.05) is 19.6 Å². The molecule has 137 valence electrons. The Kier molecular flexibility index (Phi) is 7.13. The van der Waals surface area contributed by atoms with Crippen LogP contribution in [0.1, 0.15) is 11.6 Å². The van der Waals surface area contributed by atoms with E-state index in [1.165, 1.54) is 24.3 Å². The maximum Gasteiger partial charge on any atom is 0.325 e. The van der Waals surface area contributed by atoms with Gasteiger partial charge in [0.15, 0.2) is 6.61 Å². The van der Waals surface area contributed by atoms with Gasteiger partial charge < -0.3 is 20.8 Å². The predicted octanol–water partition coefficient (Wildman–Crippen LogP) is 0.888. The van der Waals surface area contributed by atoms with Gasteiger partial charge in [-0.2, -0.15) is 0 Å². The minimum absolute atomic E-state index is 0.0276. The van der Waals surface area contributed by atoms with Crippen molar-refractivity contribution < 1.29 is 29.7 Å². The van der Waals surface area contributed by atoms with Crippen molar-refractivity contribution in [1.29, 1.82) is 0 Å². The number of aromatic hydroxyl groups is 1. The normalized spacial score (nSPS) is 13.6. The Labute approximate surface area is 146 Å². The molecule has 1 aromatic carbocycles. The minimum atomic E-state index is -1.78. The third-order valence-electron chi connectivity index (χ3n) is 3.36. The van der Waals surface area contributed by atoms with Gasteiger partial charge in [-0.1, -0.05) is 31.8 Å². The number of hydrogen-bond acceptors (Lipinski definition) is 4. The van der Waals surface area contributed by atoms with E-state index in [1.54, 1.807) is 0 Å². The molecule has 0 heterocycles. The first-order valence-electron chi connectivity index (χ1n) is 7.73. The van der Waals surface area contributed by atoms with E-state index in [-0.39, 0.29) is 5.75 Å². The third-order valence-corrected chi connectivity index (χ3v) is 4.99. The molecule has 1 radical (unpaired) electrons. The van der Waals surface area contributed by atoms with Gasteiger partial charge in [0.2, 0.25) is 11.8 Å². The fourth-order valence-electron chi connectivity index (χ4n) is 2.24. The summed E-state index contributed by atoms with van der Waals surface area (Å²) in [6.07, 6.45) is 0. The van der Waals surface area contributed by atoms with Crippen molar-refractivity contribution in [3.05, 3.63) is 29.8 Å². The van der Waals surface area contributed by atoms with E-state index in [4.69, 9.17) is 0 Å². The number of rotatable bonds is 8. The molecule has 0 aliphatic carbocycles. The number of phenols is 1. The standard InChI is InChI=1S/C16H23N2O6Si/c1-25(2,3)9-12(16(23)24)17-15(22)14(18-13(21)8-19)10-4-6-11(20)7-5-10/h4-7,12,14,20H,8-9H2,1-3H3,(H,17,22)(H,18,21)(H,23,24)/t12-,14+/m0/s1. The largest absolute Gasteiger partial charge is 0.508 e. The van der Waals surface area contributed by atoms with Crippen LogP contribution in [-0.4, -0.2) is 48.7 Å². The zero-order valence-electron chi connectivity index (χ0n) is 14.4. The Balaban J connectivity index is 3.03. The molecule has 0 unspecified atom stereocenters. The SMILES string of the molecule is C[Si](C)(C)C[C@H](NC(=O)[C@H](NC(=O)C[O])c1ccc(O)cc1)C(=O)O. The molecule has 0 saturated heterocycles. The summed E-state index contributed by atoms with van der Waals surface area (Å²) in [4.78, 5) is 35.4. The smallest absolute Gasteiger partial charge is 0.325 e. The molecule has 0 aromatic heterocycles. The summed E-state index contributed by atoms with van der Waals surface area (Å²) in [6.45, 7) is 4.88. The van der Waals surface area contributed by atoms with Gasteiger partial charge in [0.25, 0.3) is 0 Å². The Morgan fingerprint density at radius 3 is 2.08 bits per heavy atom. The summed E-state index contributed by atoms with van der Waals surface area (Å²) in [5.74, 6) is -2.79. The van der Waals surface area contributed by atoms with Crippen LogP contribution in [0.5, 0.6) is 5.75 Å². The van der Waals surface area contributed by atoms with Crippen LogP contribution < -0.4 is 10.6 Å². The molecule has 1 rings (SSSR count). The molecule has 0 bridgehead atoms. The molecule has 0 aliphatic rings. The lowest BCUT2D eigenvalue weighted by Crippen LogP contribution is -2.49. The number of aliphatic carboxylic acids is 1. The molecule has 0 spiro atoms. The van der Waals surface area contributed by atoms with Crippen molar-refractivity contribution >= 4 is 25.9 Å². The topological polar surface area (TPSA) is 136 Å². The quantitative estimate of drug-likeness (QED) is 0.506. The van der Waals surface area contributed by atoms with Crippen LogP contribution in [0, 0.1) is 0 Å². The number of phenolic OH excluding ortho intramolecular Hbond substituents is 1. The highest BCUT2D eigenvalue weighted by molar-refractivity contribution is 6.76. The first kappa shape index (κ1) is 20.7. The van der Waals surface area contributed by atoms with E-state index < -0.39 is 44.5 Å². The van der Waals surface area contributed by atoms with Crippen LogP contribution >= 0.6 is 0 Å². The highest BCUT2D eigenvalue weighted by Gasteiger charge is 2.31. The molecule has 2 atom stereocenters. The van der Waals surface area contributed by atoms with Crippen molar-refractivity contribution in [3.63, 3.8) is 0 Å². The predicted molar refractivity (Wildman–Crippen MR) is 92.3 cm³/mol. The van der Waals surface area contributed by atoms with E-state index in [2.05, 4.69) is 10.6 Å². The minimum Gasteiger partial charge on any atom is -0.508 e. The molecule has 0 fully saturated rings. The maximum absolute atomic E-state index is 12.5. The first-order chi connectivity index (χ1) is 11.5. The van der Waals surface area contributed by atoms with Gasteiger partial charge in [-0.25, -0.2) is 5.11 Å². The Morgan fingerprint density at radius 1 is 1.08 bits per heavy atom. The summed E-state index contributed by atoms with van der Waals surface area (Å²) in [7, 11) is -1.78. The van der Waals surface area contributed by atoms with Gasteiger partial charge in [0.1, 0.15) is 17.8 Å². The molecule has 2 amide bonds. The van der Waals surface area contributed by atoms with Crippen molar-refractivity contribution in [1.82, 2.24) is 10.6 Å². The van der Waals surface area contributed by atoms with E-state index >= 15 is 0 Å². The summed E-state index contributed by atoms with van der Waals surface area (Å²) in [5, 5.41) is 34.1. The highest BCUT2D eigenvalue weighted by Crippen LogP contribution is 2.19. The molecule has 4 N–H and O–H groups in total. The monoisotopic (exact) mass is 367 g/mol. The van der Waals surface area contributed by atoms with E-state index in [0.29, 0.717) is 11.6 Å². The molecule has 1 aromatic rings.